The Balaban J connectivity index is 1.70. The zero-order valence-electron chi connectivity index (χ0n) is 19.8. The number of rotatable bonds is 7. The third-order valence-electron chi connectivity index (χ3n) is 6.28. The molecule has 1 aromatic heterocycles. The fourth-order valence-corrected chi connectivity index (χ4v) is 5.37. The van der Waals surface area contributed by atoms with Crippen LogP contribution in [0.25, 0.3) is 17.1 Å². The molecule has 0 spiro atoms. The molecule has 6 nitrogen and oxygen atoms in total. The van der Waals surface area contributed by atoms with Crippen LogP contribution in [0.5, 0.6) is 5.75 Å². The molecular weight excluding hydrogens is 432 g/mol. The summed E-state index contributed by atoms with van der Waals surface area (Å²) in [5.74, 6) is 1.62. The van der Waals surface area contributed by atoms with Crippen molar-refractivity contribution in [2.75, 3.05) is 13.7 Å². The van der Waals surface area contributed by atoms with Crippen LogP contribution in [0.1, 0.15) is 45.1 Å². The normalized spacial score (nSPS) is 17.1. The van der Waals surface area contributed by atoms with Gasteiger partial charge in [-0.2, -0.15) is 0 Å². The lowest BCUT2D eigenvalue weighted by Gasteiger charge is -2.36. The molecule has 0 radical (unpaired) electrons. The number of hydrogen-bond acceptors (Lipinski definition) is 5. The first-order valence-corrected chi connectivity index (χ1v) is 12.5. The van der Waals surface area contributed by atoms with Crippen LogP contribution in [-0.2, 0) is 4.79 Å². The third kappa shape index (κ3) is 4.93. The molecule has 0 N–H and O–H groups in total. The number of nitrogens with zero attached hydrogens (tertiary/aromatic N) is 4. The highest BCUT2D eigenvalue weighted by Gasteiger charge is 2.30. The van der Waals surface area contributed by atoms with Gasteiger partial charge in [0.1, 0.15) is 5.75 Å². The molecule has 4 rings (SSSR count). The van der Waals surface area contributed by atoms with Crippen LogP contribution in [0.2, 0.25) is 0 Å². The molecule has 3 aromatic rings. The van der Waals surface area contributed by atoms with Crippen molar-refractivity contribution in [3.8, 4) is 22.8 Å². The number of benzene rings is 2. The summed E-state index contributed by atoms with van der Waals surface area (Å²) in [5, 5.41) is 9.51. The number of amides is 1. The SMILES string of the molecule is CCC1CCCCN1C(=O)C(C)Sc1nnc(-c2ccccc2OC)n1-c1ccc(C)cc1. The van der Waals surface area contributed by atoms with E-state index in [0.717, 1.165) is 42.8 Å². The van der Waals surface area contributed by atoms with Gasteiger partial charge in [-0.3, -0.25) is 9.36 Å². The molecule has 1 fully saturated rings. The minimum absolute atomic E-state index is 0.184. The number of aromatic nitrogens is 3. The van der Waals surface area contributed by atoms with Crippen molar-refractivity contribution in [2.24, 2.45) is 0 Å². The van der Waals surface area contributed by atoms with Crippen LogP contribution < -0.4 is 4.74 Å². The quantitative estimate of drug-likeness (QED) is 0.431. The summed E-state index contributed by atoms with van der Waals surface area (Å²) in [6.45, 7) is 7.06. The fourth-order valence-electron chi connectivity index (χ4n) is 4.43. The van der Waals surface area contributed by atoms with Crippen molar-refractivity contribution in [2.45, 2.75) is 62.9 Å². The second-order valence-corrected chi connectivity index (χ2v) is 9.83. The monoisotopic (exact) mass is 464 g/mol. The predicted molar refractivity (Wildman–Crippen MR) is 133 cm³/mol. The highest BCUT2D eigenvalue weighted by molar-refractivity contribution is 8.00. The third-order valence-corrected chi connectivity index (χ3v) is 7.32. The first-order chi connectivity index (χ1) is 16.0. The number of aryl methyl sites for hydroxylation is 1. The summed E-state index contributed by atoms with van der Waals surface area (Å²) in [7, 11) is 1.66. The van der Waals surface area contributed by atoms with Gasteiger partial charge in [0, 0.05) is 18.3 Å². The molecule has 1 saturated heterocycles. The molecule has 1 aliphatic rings. The average Bonchev–Trinajstić information content (AvgIpc) is 3.27. The number of para-hydroxylation sites is 1. The smallest absolute Gasteiger partial charge is 0.236 e. The van der Waals surface area contributed by atoms with Crippen molar-refractivity contribution in [1.29, 1.82) is 0 Å². The lowest BCUT2D eigenvalue weighted by molar-refractivity contribution is -0.134. The molecule has 1 amide bonds. The van der Waals surface area contributed by atoms with Gasteiger partial charge in [-0.05, 0) is 63.8 Å². The predicted octanol–water partition coefficient (Wildman–Crippen LogP) is 5.52. The van der Waals surface area contributed by atoms with E-state index in [0.29, 0.717) is 17.0 Å². The van der Waals surface area contributed by atoms with Crippen LogP contribution in [0.4, 0.5) is 0 Å². The lowest BCUT2D eigenvalue weighted by Crippen LogP contribution is -2.46. The van der Waals surface area contributed by atoms with Crippen molar-refractivity contribution >= 4 is 17.7 Å². The van der Waals surface area contributed by atoms with E-state index in [4.69, 9.17) is 4.74 Å². The highest BCUT2D eigenvalue weighted by atomic mass is 32.2. The minimum atomic E-state index is -0.254. The van der Waals surface area contributed by atoms with E-state index in [-0.39, 0.29) is 11.2 Å². The second-order valence-electron chi connectivity index (χ2n) is 8.53. The molecule has 174 valence electrons. The maximum Gasteiger partial charge on any atom is 0.236 e. The Hall–Kier alpha value is -2.80. The Morgan fingerprint density at radius 1 is 1.15 bits per heavy atom. The standard InChI is InChI=1S/C26H32N4O2S/c1-5-20-10-8-9-17-29(20)25(31)19(3)33-26-28-27-24(22-11-6-7-12-23(22)32-4)30(26)21-15-13-18(2)14-16-21/h6-7,11-16,19-20H,5,8-10,17H2,1-4H3. The molecule has 1 aliphatic heterocycles. The van der Waals surface area contributed by atoms with Gasteiger partial charge < -0.3 is 9.64 Å². The van der Waals surface area contributed by atoms with E-state index in [2.05, 4.69) is 53.2 Å². The van der Waals surface area contributed by atoms with Crippen LogP contribution >= 0.6 is 11.8 Å². The molecule has 2 atom stereocenters. The number of carbonyl (C=O) groups is 1. The largest absolute Gasteiger partial charge is 0.496 e. The summed E-state index contributed by atoms with van der Waals surface area (Å²) in [4.78, 5) is 15.4. The average molecular weight is 465 g/mol. The Bertz CT molecular complexity index is 1100. The van der Waals surface area contributed by atoms with E-state index >= 15 is 0 Å². The summed E-state index contributed by atoms with van der Waals surface area (Å²) in [5.41, 5.74) is 3.00. The number of carbonyl (C=O) groups excluding carboxylic acids is 1. The molecule has 2 heterocycles. The summed E-state index contributed by atoms with van der Waals surface area (Å²) in [6.07, 6.45) is 4.38. The van der Waals surface area contributed by atoms with E-state index in [1.54, 1.807) is 7.11 Å². The van der Waals surface area contributed by atoms with Crippen molar-refractivity contribution in [1.82, 2.24) is 19.7 Å². The zero-order chi connectivity index (χ0) is 23.4. The summed E-state index contributed by atoms with van der Waals surface area (Å²) < 4.78 is 7.62. The first kappa shape index (κ1) is 23.4. The van der Waals surface area contributed by atoms with Crippen molar-refractivity contribution < 1.29 is 9.53 Å². The number of ether oxygens (including phenoxy) is 1. The van der Waals surface area contributed by atoms with E-state index < -0.39 is 0 Å². The number of methoxy groups -OCH3 is 1. The minimum Gasteiger partial charge on any atom is -0.496 e. The van der Waals surface area contributed by atoms with Crippen molar-refractivity contribution in [3.05, 3.63) is 54.1 Å². The lowest BCUT2D eigenvalue weighted by atomic mass is 10.00. The molecule has 0 bridgehead atoms. The molecular formula is C26H32N4O2S. The number of likely N-dealkylation sites (tertiary alicyclic amines) is 1. The maximum absolute atomic E-state index is 13.4. The molecule has 7 heteroatoms. The van der Waals surface area contributed by atoms with Crippen molar-refractivity contribution in [3.63, 3.8) is 0 Å². The number of hydrogen-bond donors (Lipinski definition) is 0. The van der Waals surface area contributed by atoms with Gasteiger partial charge in [-0.1, -0.05) is 48.5 Å². The van der Waals surface area contributed by atoms with Crippen LogP contribution in [0.15, 0.2) is 53.7 Å². The van der Waals surface area contributed by atoms with Crippen LogP contribution in [0, 0.1) is 6.92 Å². The number of piperidine rings is 1. The zero-order valence-corrected chi connectivity index (χ0v) is 20.6. The fraction of sp³-hybridized carbons (Fsp3) is 0.423. The van der Waals surface area contributed by atoms with Crippen LogP contribution in [0.3, 0.4) is 0 Å². The molecule has 2 aromatic carbocycles. The Morgan fingerprint density at radius 2 is 1.91 bits per heavy atom. The summed E-state index contributed by atoms with van der Waals surface area (Å²) >= 11 is 1.47. The van der Waals surface area contributed by atoms with Gasteiger partial charge in [0.15, 0.2) is 11.0 Å². The Labute approximate surface area is 200 Å². The Morgan fingerprint density at radius 3 is 2.64 bits per heavy atom. The van der Waals surface area contributed by atoms with Gasteiger partial charge >= 0.3 is 0 Å². The van der Waals surface area contributed by atoms with Gasteiger partial charge in [0.05, 0.1) is 17.9 Å². The van der Waals surface area contributed by atoms with Gasteiger partial charge in [0.25, 0.3) is 0 Å². The van der Waals surface area contributed by atoms with E-state index in [9.17, 15) is 4.79 Å². The van der Waals surface area contributed by atoms with E-state index in [1.165, 1.54) is 23.7 Å². The van der Waals surface area contributed by atoms with E-state index in [1.807, 2.05) is 35.8 Å². The second kappa shape index (κ2) is 10.4. The molecule has 2 unspecified atom stereocenters. The molecule has 33 heavy (non-hydrogen) atoms. The maximum atomic E-state index is 13.4. The van der Waals surface area contributed by atoms with Crippen LogP contribution in [-0.4, -0.2) is 50.5 Å². The molecule has 0 saturated carbocycles. The van der Waals surface area contributed by atoms with Gasteiger partial charge in [0.2, 0.25) is 5.91 Å². The Kier molecular flexibility index (Phi) is 7.38. The first-order valence-electron chi connectivity index (χ1n) is 11.7. The summed E-state index contributed by atoms with van der Waals surface area (Å²) in [6, 6.07) is 16.4. The molecule has 0 aliphatic carbocycles. The topological polar surface area (TPSA) is 60.3 Å². The van der Waals surface area contributed by atoms with Gasteiger partial charge in [-0.25, -0.2) is 0 Å². The highest BCUT2D eigenvalue weighted by Crippen LogP contribution is 2.35. The van der Waals surface area contributed by atoms with Gasteiger partial charge in [-0.15, -0.1) is 10.2 Å². The number of thioether (sulfide) groups is 1.